The van der Waals surface area contributed by atoms with E-state index in [1.54, 1.807) is 0 Å². The standard InChI is InChI=1S/C18H35N3O2/c1-6-20-9-7-8-16(20)10-19-18(22)17(13(2)3)21-11-14(4)23-15(5)12-21/h13-17H,6-12H2,1-5H3,(H,19,22). The Hall–Kier alpha value is -0.650. The Labute approximate surface area is 141 Å². The molecule has 5 nitrogen and oxygen atoms in total. The molecule has 2 saturated heterocycles. The topological polar surface area (TPSA) is 44.8 Å². The van der Waals surface area contributed by atoms with E-state index in [2.05, 4.69) is 49.7 Å². The van der Waals surface area contributed by atoms with E-state index >= 15 is 0 Å². The number of likely N-dealkylation sites (N-methyl/N-ethyl adjacent to an activating group) is 1. The van der Waals surface area contributed by atoms with Crippen LogP contribution >= 0.6 is 0 Å². The molecule has 1 amide bonds. The van der Waals surface area contributed by atoms with Crippen LogP contribution in [0.25, 0.3) is 0 Å². The van der Waals surface area contributed by atoms with E-state index in [1.807, 2.05) is 0 Å². The molecule has 4 atom stereocenters. The summed E-state index contributed by atoms with van der Waals surface area (Å²) < 4.78 is 5.82. The second kappa shape index (κ2) is 8.45. The van der Waals surface area contributed by atoms with Crippen molar-refractivity contribution in [2.75, 3.05) is 32.7 Å². The fraction of sp³-hybridized carbons (Fsp3) is 0.944. The lowest BCUT2D eigenvalue weighted by Gasteiger charge is -2.41. The van der Waals surface area contributed by atoms with Crippen LogP contribution in [0.4, 0.5) is 0 Å². The maximum Gasteiger partial charge on any atom is 0.237 e. The third-order valence-corrected chi connectivity index (χ3v) is 5.16. The first-order chi connectivity index (χ1) is 10.9. The Balaban J connectivity index is 1.93. The minimum absolute atomic E-state index is 0.0553. The Morgan fingerprint density at radius 1 is 1.26 bits per heavy atom. The maximum absolute atomic E-state index is 12.8. The van der Waals surface area contributed by atoms with Crippen molar-refractivity contribution in [3.8, 4) is 0 Å². The van der Waals surface area contributed by atoms with Gasteiger partial charge in [0, 0.05) is 25.7 Å². The summed E-state index contributed by atoms with van der Waals surface area (Å²) in [6, 6.07) is 0.458. The number of nitrogens with zero attached hydrogens (tertiary/aromatic N) is 2. The van der Waals surface area contributed by atoms with E-state index in [9.17, 15) is 4.79 Å². The molecule has 1 N–H and O–H groups in total. The molecule has 0 radical (unpaired) electrons. The van der Waals surface area contributed by atoms with Crippen molar-refractivity contribution in [3.05, 3.63) is 0 Å². The maximum atomic E-state index is 12.8. The van der Waals surface area contributed by atoms with Crippen LogP contribution in [0, 0.1) is 5.92 Å². The number of hydrogen-bond donors (Lipinski definition) is 1. The third-order valence-electron chi connectivity index (χ3n) is 5.16. The van der Waals surface area contributed by atoms with Crippen molar-refractivity contribution < 1.29 is 9.53 Å². The summed E-state index contributed by atoms with van der Waals surface area (Å²) in [6.45, 7) is 15.4. The van der Waals surface area contributed by atoms with Crippen molar-refractivity contribution in [1.82, 2.24) is 15.1 Å². The van der Waals surface area contributed by atoms with Crippen LogP contribution in [-0.4, -0.2) is 72.7 Å². The van der Waals surface area contributed by atoms with Crippen LogP contribution in [0.15, 0.2) is 0 Å². The van der Waals surface area contributed by atoms with Crippen LogP contribution in [0.5, 0.6) is 0 Å². The highest BCUT2D eigenvalue weighted by molar-refractivity contribution is 5.82. The monoisotopic (exact) mass is 325 g/mol. The summed E-state index contributed by atoms with van der Waals surface area (Å²) in [7, 11) is 0. The number of ether oxygens (including phenoxy) is 1. The van der Waals surface area contributed by atoms with E-state index in [0.717, 1.165) is 26.2 Å². The number of morpholine rings is 1. The predicted molar refractivity (Wildman–Crippen MR) is 93.5 cm³/mol. The van der Waals surface area contributed by atoms with Crippen molar-refractivity contribution in [1.29, 1.82) is 0 Å². The van der Waals surface area contributed by atoms with Gasteiger partial charge < -0.3 is 10.1 Å². The molecule has 2 rings (SSSR count). The Morgan fingerprint density at radius 2 is 1.91 bits per heavy atom. The summed E-state index contributed by atoms with van der Waals surface area (Å²) in [5, 5.41) is 3.23. The zero-order chi connectivity index (χ0) is 17.0. The van der Waals surface area contributed by atoms with E-state index < -0.39 is 0 Å². The molecule has 2 aliphatic heterocycles. The number of hydrogen-bond acceptors (Lipinski definition) is 4. The molecule has 0 spiro atoms. The van der Waals surface area contributed by atoms with Gasteiger partial charge in [0.15, 0.2) is 0 Å². The highest BCUT2D eigenvalue weighted by Crippen LogP contribution is 2.19. The van der Waals surface area contributed by atoms with Crippen molar-refractivity contribution in [3.63, 3.8) is 0 Å². The molecule has 0 bridgehead atoms. The number of amides is 1. The Bertz CT molecular complexity index is 378. The number of carbonyl (C=O) groups excluding carboxylic acids is 1. The van der Waals surface area contributed by atoms with Gasteiger partial charge in [0.25, 0.3) is 0 Å². The van der Waals surface area contributed by atoms with Crippen LogP contribution in [0.3, 0.4) is 0 Å². The van der Waals surface area contributed by atoms with Crippen LogP contribution < -0.4 is 5.32 Å². The van der Waals surface area contributed by atoms with Crippen molar-refractivity contribution in [2.45, 2.75) is 71.8 Å². The summed E-state index contributed by atoms with van der Waals surface area (Å²) in [4.78, 5) is 17.6. The van der Waals surface area contributed by atoms with Gasteiger partial charge >= 0.3 is 0 Å². The van der Waals surface area contributed by atoms with Gasteiger partial charge in [-0.3, -0.25) is 14.6 Å². The molecule has 4 unspecified atom stereocenters. The van der Waals surface area contributed by atoms with Gasteiger partial charge in [-0.1, -0.05) is 20.8 Å². The first-order valence-corrected chi connectivity index (χ1v) is 9.33. The molecular formula is C18H35N3O2. The zero-order valence-electron chi connectivity index (χ0n) is 15.5. The van der Waals surface area contributed by atoms with Crippen LogP contribution in [0.2, 0.25) is 0 Å². The van der Waals surface area contributed by atoms with Gasteiger partial charge in [0.2, 0.25) is 5.91 Å². The lowest BCUT2D eigenvalue weighted by Crippen LogP contribution is -2.57. The van der Waals surface area contributed by atoms with Crippen molar-refractivity contribution in [2.24, 2.45) is 5.92 Å². The average Bonchev–Trinajstić information content (AvgIpc) is 2.91. The first-order valence-electron chi connectivity index (χ1n) is 9.33. The van der Waals surface area contributed by atoms with Gasteiger partial charge in [-0.25, -0.2) is 0 Å². The minimum atomic E-state index is -0.0553. The number of carbonyl (C=O) groups is 1. The molecule has 0 aromatic heterocycles. The number of nitrogens with one attached hydrogen (secondary N) is 1. The molecule has 23 heavy (non-hydrogen) atoms. The van der Waals surface area contributed by atoms with E-state index in [1.165, 1.54) is 19.4 Å². The smallest absolute Gasteiger partial charge is 0.237 e. The molecule has 0 aromatic rings. The fourth-order valence-electron chi connectivity index (χ4n) is 4.20. The number of likely N-dealkylation sites (tertiary alicyclic amines) is 1. The normalized spacial score (nSPS) is 31.5. The van der Waals surface area contributed by atoms with Crippen LogP contribution in [0.1, 0.15) is 47.5 Å². The molecule has 2 aliphatic rings. The summed E-state index contributed by atoms with van der Waals surface area (Å²) >= 11 is 0. The Kier molecular flexibility index (Phi) is 6.86. The summed E-state index contributed by atoms with van der Waals surface area (Å²) in [6.07, 6.45) is 2.84. The predicted octanol–water partition coefficient (Wildman–Crippen LogP) is 1.72. The lowest BCUT2D eigenvalue weighted by atomic mass is 9.99. The van der Waals surface area contributed by atoms with Gasteiger partial charge in [-0.15, -0.1) is 0 Å². The van der Waals surface area contributed by atoms with Gasteiger partial charge in [0.1, 0.15) is 0 Å². The van der Waals surface area contributed by atoms with Crippen molar-refractivity contribution >= 4 is 5.91 Å². The first kappa shape index (κ1) is 18.7. The minimum Gasteiger partial charge on any atom is -0.373 e. The highest BCUT2D eigenvalue weighted by Gasteiger charge is 2.34. The summed E-state index contributed by atoms with van der Waals surface area (Å²) in [5.74, 6) is 0.489. The zero-order valence-corrected chi connectivity index (χ0v) is 15.5. The quantitative estimate of drug-likeness (QED) is 0.808. The van der Waals surface area contributed by atoms with Gasteiger partial charge in [-0.05, 0) is 45.7 Å². The highest BCUT2D eigenvalue weighted by atomic mass is 16.5. The van der Waals surface area contributed by atoms with E-state index in [0.29, 0.717) is 12.0 Å². The molecule has 2 heterocycles. The molecule has 0 aromatic carbocycles. The molecule has 5 heteroatoms. The number of rotatable bonds is 6. The van der Waals surface area contributed by atoms with Gasteiger partial charge in [0.05, 0.1) is 18.2 Å². The molecule has 0 aliphatic carbocycles. The van der Waals surface area contributed by atoms with Gasteiger partial charge in [-0.2, -0.15) is 0 Å². The summed E-state index contributed by atoms with van der Waals surface area (Å²) in [5.41, 5.74) is 0. The molecular weight excluding hydrogens is 290 g/mol. The fourth-order valence-corrected chi connectivity index (χ4v) is 4.20. The SMILES string of the molecule is CCN1CCCC1CNC(=O)C(C(C)C)N1CC(C)OC(C)C1. The lowest BCUT2D eigenvalue weighted by molar-refractivity contribution is -0.135. The van der Waals surface area contributed by atoms with Crippen LogP contribution in [-0.2, 0) is 9.53 Å². The molecule has 0 saturated carbocycles. The second-order valence-electron chi connectivity index (χ2n) is 7.57. The largest absolute Gasteiger partial charge is 0.373 e. The Morgan fingerprint density at radius 3 is 2.48 bits per heavy atom. The molecule has 134 valence electrons. The van der Waals surface area contributed by atoms with E-state index in [4.69, 9.17) is 4.74 Å². The molecule has 2 fully saturated rings. The average molecular weight is 325 g/mol. The second-order valence-corrected chi connectivity index (χ2v) is 7.57. The third kappa shape index (κ3) is 4.91. The van der Waals surface area contributed by atoms with E-state index in [-0.39, 0.29) is 24.2 Å².